The highest BCUT2D eigenvalue weighted by molar-refractivity contribution is 7.80. The molecule has 0 bridgehead atoms. The zero-order valence-corrected chi connectivity index (χ0v) is 17.7. The lowest BCUT2D eigenvalue weighted by Gasteiger charge is -2.47. The summed E-state index contributed by atoms with van der Waals surface area (Å²) in [6.07, 6.45) is 3.90. The number of nitrogens with one attached hydrogen (secondary N) is 1. The van der Waals surface area contributed by atoms with E-state index in [9.17, 15) is 9.59 Å². The van der Waals surface area contributed by atoms with Gasteiger partial charge in [-0.15, -0.1) is 0 Å². The van der Waals surface area contributed by atoms with Gasteiger partial charge in [-0.1, -0.05) is 30.3 Å². The second-order valence-corrected chi connectivity index (χ2v) is 8.78. The number of carbonyl (C=O) groups is 2. The van der Waals surface area contributed by atoms with Gasteiger partial charge in [-0.25, -0.2) is 0 Å². The Balaban J connectivity index is 1.35. The molecule has 2 aliphatic heterocycles. The van der Waals surface area contributed by atoms with Gasteiger partial charge in [0.2, 0.25) is 5.91 Å². The molecular formula is C22H29N3O3S. The maximum Gasteiger partial charge on any atom is 0.308 e. The molecular weight excluding hydrogens is 386 g/mol. The summed E-state index contributed by atoms with van der Waals surface area (Å²) in [4.78, 5) is 29.4. The van der Waals surface area contributed by atoms with E-state index < -0.39 is 0 Å². The first-order valence-corrected chi connectivity index (χ1v) is 11.0. The van der Waals surface area contributed by atoms with Crippen LogP contribution in [0.15, 0.2) is 30.3 Å². The average Bonchev–Trinajstić information content (AvgIpc) is 2.74. The highest BCUT2D eigenvalue weighted by Gasteiger charge is 2.46. The van der Waals surface area contributed by atoms with E-state index >= 15 is 0 Å². The van der Waals surface area contributed by atoms with Crippen molar-refractivity contribution >= 4 is 29.2 Å². The molecule has 3 unspecified atom stereocenters. The van der Waals surface area contributed by atoms with Gasteiger partial charge in [0.15, 0.2) is 5.11 Å². The van der Waals surface area contributed by atoms with E-state index in [1.165, 1.54) is 12.7 Å². The summed E-state index contributed by atoms with van der Waals surface area (Å²) in [6.45, 7) is 2.87. The van der Waals surface area contributed by atoms with Gasteiger partial charge in [0.1, 0.15) is 0 Å². The number of hydrogen-bond donors (Lipinski definition) is 1. The number of esters is 1. The molecule has 3 aliphatic rings. The lowest BCUT2D eigenvalue weighted by Crippen LogP contribution is -2.65. The van der Waals surface area contributed by atoms with Crippen LogP contribution >= 0.6 is 12.2 Å². The number of methoxy groups -OCH3 is 1. The maximum atomic E-state index is 13.3. The minimum atomic E-state index is -0.183. The molecule has 6 nitrogen and oxygen atoms in total. The van der Waals surface area contributed by atoms with Crippen LogP contribution in [0.1, 0.15) is 37.7 Å². The second kappa shape index (κ2) is 8.79. The van der Waals surface area contributed by atoms with Gasteiger partial charge in [-0.05, 0) is 49.9 Å². The van der Waals surface area contributed by atoms with Crippen LogP contribution in [0.4, 0.5) is 0 Å². The van der Waals surface area contributed by atoms with Crippen LogP contribution in [0.5, 0.6) is 0 Å². The summed E-state index contributed by atoms with van der Waals surface area (Å²) in [6, 6.07) is 10.6. The van der Waals surface area contributed by atoms with Crippen LogP contribution in [-0.2, 0) is 20.9 Å². The van der Waals surface area contributed by atoms with Crippen molar-refractivity contribution in [3.05, 3.63) is 35.9 Å². The lowest BCUT2D eigenvalue weighted by atomic mass is 9.76. The SMILES string of the molecule is COC(=O)C1CCC2C(=O)N(C3CCN(Cc4ccccc4)CC3)C(=S)NC2C1. The molecule has 0 spiro atoms. The van der Waals surface area contributed by atoms with Gasteiger partial charge >= 0.3 is 5.97 Å². The van der Waals surface area contributed by atoms with E-state index in [2.05, 4.69) is 34.5 Å². The molecule has 7 heteroatoms. The Bertz CT molecular complexity index is 764. The average molecular weight is 416 g/mol. The number of hydrogen-bond acceptors (Lipinski definition) is 5. The maximum absolute atomic E-state index is 13.3. The molecule has 4 rings (SSSR count). The molecule has 0 aromatic heterocycles. The van der Waals surface area contributed by atoms with Crippen molar-refractivity contribution in [2.24, 2.45) is 11.8 Å². The third-order valence-electron chi connectivity index (χ3n) is 6.64. The summed E-state index contributed by atoms with van der Waals surface area (Å²) >= 11 is 5.58. The number of likely N-dealkylation sites (tertiary alicyclic amines) is 1. The molecule has 156 valence electrons. The number of piperidine rings is 1. The van der Waals surface area contributed by atoms with Gasteiger partial charge in [0, 0.05) is 31.7 Å². The van der Waals surface area contributed by atoms with E-state index in [0.29, 0.717) is 24.4 Å². The second-order valence-electron chi connectivity index (χ2n) is 8.40. The van der Waals surface area contributed by atoms with Crippen LogP contribution in [0.3, 0.4) is 0 Å². The van der Waals surface area contributed by atoms with Crippen molar-refractivity contribution in [3.63, 3.8) is 0 Å². The van der Waals surface area contributed by atoms with Gasteiger partial charge in [-0.2, -0.15) is 0 Å². The first kappa shape index (κ1) is 20.3. The number of ether oxygens (including phenoxy) is 1. The van der Waals surface area contributed by atoms with Crippen molar-refractivity contribution < 1.29 is 14.3 Å². The number of nitrogens with zero attached hydrogens (tertiary/aromatic N) is 2. The third-order valence-corrected chi connectivity index (χ3v) is 6.95. The van der Waals surface area contributed by atoms with E-state index in [-0.39, 0.29) is 35.8 Å². The summed E-state index contributed by atoms with van der Waals surface area (Å²) in [7, 11) is 1.42. The molecule has 1 saturated carbocycles. The molecule has 1 N–H and O–H groups in total. The van der Waals surface area contributed by atoms with Crippen LogP contribution in [0.2, 0.25) is 0 Å². The fourth-order valence-electron chi connectivity index (χ4n) is 5.04. The standard InChI is InChI=1S/C22H29N3O3S/c1-28-21(27)16-7-8-18-19(13-16)23-22(29)25(20(18)26)17-9-11-24(12-10-17)14-15-5-3-2-4-6-15/h2-6,16-19H,7-14H2,1H3,(H,23,29). The number of fused-ring (bicyclic) bond motifs is 1. The van der Waals surface area contributed by atoms with Gasteiger partial charge < -0.3 is 10.1 Å². The predicted octanol–water partition coefficient (Wildman–Crippen LogP) is 2.33. The summed E-state index contributed by atoms with van der Waals surface area (Å²) in [5.74, 6) is -0.275. The topological polar surface area (TPSA) is 61.9 Å². The van der Waals surface area contributed by atoms with Crippen molar-refractivity contribution in [1.29, 1.82) is 0 Å². The fraction of sp³-hybridized carbons (Fsp3) is 0.591. The molecule has 1 aliphatic carbocycles. The Morgan fingerprint density at radius 2 is 1.90 bits per heavy atom. The fourth-order valence-corrected chi connectivity index (χ4v) is 5.43. The quantitative estimate of drug-likeness (QED) is 0.602. The van der Waals surface area contributed by atoms with Crippen LogP contribution in [-0.4, -0.2) is 59.1 Å². The Morgan fingerprint density at radius 3 is 2.59 bits per heavy atom. The molecule has 0 radical (unpaired) electrons. The van der Waals surface area contributed by atoms with Gasteiger partial charge in [0.25, 0.3) is 0 Å². The molecule has 1 aromatic rings. The van der Waals surface area contributed by atoms with Crippen LogP contribution < -0.4 is 5.32 Å². The van der Waals surface area contributed by atoms with E-state index in [1.807, 2.05) is 11.0 Å². The summed E-state index contributed by atoms with van der Waals surface area (Å²) in [5, 5.41) is 3.90. The highest BCUT2D eigenvalue weighted by Crippen LogP contribution is 2.35. The Labute approximate surface area is 177 Å². The summed E-state index contributed by atoms with van der Waals surface area (Å²) in [5.41, 5.74) is 1.32. The van der Waals surface area contributed by atoms with Crippen molar-refractivity contribution in [2.75, 3.05) is 20.2 Å². The summed E-state index contributed by atoms with van der Waals surface area (Å²) < 4.78 is 4.89. The van der Waals surface area contributed by atoms with E-state index in [4.69, 9.17) is 17.0 Å². The third kappa shape index (κ3) is 4.31. The zero-order valence-electron chi connectivity index (χ0n) is 16.9. The Hall–Kier alpha value is -1.99. The molecule has 2 saturated heterocycles. The van der Waals surface area contributed by atoms with E-state index in [0.717, 1.165) is 32.5 Å². The van der Waals surface area contributed by atoms with Crippen molar-refractivity contribution in [3.8, 4) is 0 Å². The number of amides is 1. The van der Waals surface area contributed by atoms with Gasteiger partial charge in [-0.3, -0.25) is 19.4 Å². The minimum Gasteiger partial charge on any atom is -0.469 e. The molecule has 3 atom stereocenters. The van der Waals surface area contributed by atoms with Crippen LogP contribution in [0.25, 0.3) is 0 Å². The predicted molar refractivity (Wildman–Crippen MR) is 114 cm³/mol. The lowest BCUT2D eigenvalue weighted by molar-refractivity contribution is -0.149. The largest absolute Gasteiger partial charge is 0.469 e. The first-order valence-electron chi connectivity index (χ1n) is 10.5. The highest BCUT2D eigenvalue weighted by atomic mass is 32.1. The number of rotatable bonds is 4. The number of benzene rings is 1. The minimum absolute atomic E-state index is 0.0535. The van der Waals surface area contributed by atoms with Crippen molar-refractivity contribution in [1.82, 2.24) is 15.1 Å². The van der Waals surface area contributed by atoms with E-state index in [1.54, 1.807) is 0 Å². The number of carbonyl (C=O) groups excluding carboxylic acids is 2. The molecule has 3 fully saturated rings. The molecule has 2 heterocycles. The Kier molecular flexibility index (Phi) is 6.15. The van der Waals surface area contributed by atoms with Crippen LogP contribution in [0, 0.1) is 11.8 Å². The Morgan fingerprint density at radius 1 is 1.17 bits per heavy atom. The zero-order chi connectivity index (χ0) is 20.4. The normalized spacial score (nSPS) is 28.6. The molecule has 29 heavy (non-hydrogen) atoms. The molecule has 1 amide bonds. The smallest absolute Gasteiger partial charge is 0.308 e. The van der Waals surface area contributed by atoms with Crippen molar-refractivity contribution in [2.45, 2.75) is 50.7 Å². The number of thiocarbonyl (C=S) groups is 1. The first-order chi connectivity index (χ1) is 14.1. The monoisotopic (exact) mass is 415 g/mol. The van der Waals surface area contributed by atoms with Gasteiger partial charge in [0.05, 0.1) is 18.9 Å². The molecule has 1 aromatic carbocycles.